The van der Waals surface area contributed by atoms with Crippen molar-refractivity contribution in [3.63, 3.8) is 0 Å². The van der Waals surface area contributed by atoms with Crippen LogP contribution in [0.3, 0.4) is 0 Å². The number of hydrogen-bond donors (Lipinski definition) is 1. The highest BCUT2D eigenvalue weighted by Crippen LogP contribution is 2.32. The van der Waals surface area contributed by atoms with E-state index in [1.165, 1.54) is 12.1 Å². The molecule has 1 N–H and O–H groups in total. The third-order valence-corrected chi connectivity index (χ3v) is 3.40. The lowest BCUT2D eigenvalue weighted by atomic mass is 10.00. The Labute approximate surface area is 108 Å². The highest BCUT2D eigenvalue weighted by molar-refractivity contribution is 7.91. The molecule has 0 fully saturated rings. The second kappa shape index (κ2) is 4.45. The van der Waals surface area contributed by atoms with Crippen molar-refractivity contribution in [2.75, 3.05) is 0 Å². The molecule has 1 aromatic carbocycles. The van der Waals surface area contributed by atoms with Gasteiger partial charge in [0.15, 0.2) is 4.91 Å². The number of carbonyl (C=O) groups is 2. The molecule has 0 aliphatic carbocycles. The standard InChI is InChI=1S/C12H8O6S/c1-2-7-5-3-4-6-8(7)9-10(19(15,16)17)12(14)18-11(9)13/h2-6H,1H2,(H,15,16,17). The summed E-state index contributed by atoms with van der Waals surface area (Å²) in [7, 11) is -4.86. The van der Waals surface area contributed by atoms with E-state index in [-0.39, 0.29) is 5.56 Å². The zero-order chi connectivity index (χ0) is 14.2. The molecule has 0 atom stereocenters. The lowest BCUT2D eigenvalue weighted by Crippen LogP contribution is -2.10. The Morgan fingerprint density at radius 3 is 2.37 bits per heavy atom. The first-order valence-corrected chi connectivity index (χ1v) is 6.50. The quantitative estimate of drug-likeness (QED) is 0.504. The molecule has 0 spiro atoms. The van der Waals surface area contributed by atoms with E-state index in [0.29, 0.717) is 5.56 Å². The van der Waals surface area contributed by atoms with Gasteiger partial charge in [-0.2, -0.15) is 8.42 Å². The second-order valence-corrected chi connectivity index (χ2v) is 5.01. The Bertz CT molecular complexity index is 726. The van der Waals surface area contributed by atoms with E-state index in [1.807, 2.05) is 0 Å². The first-order chi connectivity index (χ1) is 8.86. The van der Waals surface area contributed by atoms with Gasteiger partial charge in [0, 0.05) is 0 Å². The number of rotatable bonds is 3. The van der Waals surface area contributed by atoms with Crippen LogP contribution in [0.15, 0.2) is 35.7 Å². The molecular weight excluding hydrogens is 272 g/mol. The van der Waals surface area contributed by atoms with Gasteiger partial charge < -0.3 is 4.74 Å². The molecule has 19 heavy (non-hydrogen) atoms. The van der Waals surface area contributed by atoms with Gasteiger partial charge in [-0.3, -0.25) is 4.55 Å². The fourth-order valence-corrected chi connectivity index (χ4v) is 2.45. The Hall–Kier alpha value is -2.25. The summed E-state index contributed by atoms with van der Waals surface area (Å²) in [5, 5.41) is 0. The van der Waals surface area contributed by atoms with Gasteiger partial charge in [0.1, 0.15) is 0 Å². The van der Waals surface area contributed by atoms with Crippen LogP contribution in [0.5, 0.6) is 0 Å². The predicted octanol–water partition coefficient (Wildman–Crippen LogP) is 1.01. The molecule has 0 unspecified atom stereocenters. The Kier molecular flexibility index (Phi) is 3.09. The Balaban J connectivity index is 2.83. The fourth-order valence-electron chi connectivity index (χ4n) is 1.75. The van der Waals surface area contributed by atoms with Gasteiger partial charge in [-0.25, -0.2) is 9.59 Å². The molecule has 98 valence electrons. The van der Waals surface area contributed by atoms with Crippen molar-refractivity contribution in [1.82, 2.24) is 0 Å². The molecule has 0 amide bonds. The maximum atomic E-state index is 11.6. The zero-order valence-electron chi connectivity index (χ0n) is 9.49. The minimum atomic E-state index is -4.86. The summed E-state index contributed by atoms with van der Waals surface area (Å²) in [6.07, 6.45) is 1.39. The van der Waals surface area contributed by atoms with Crippen LogP contribution >= 0.6 is 0 Å². The molecular formula is C12H8O6S. The Morgan fingerprint density at radius 2 is 1.79 bits per heavy atom. The number of hydrogen-bond acceptors (Lipinski definition) is 5. The molecule has 1 heterocycles. The van der Waals surface area contributed by atoms with Gasteiger partial charge in [-0.15, -0.1) is 0 Å². The van der Waals surface area contributed by atoms with Crippen LogP contribution in [0.4, 0.5) is 0 Å². The number of esters is 2. The summed E-state index contributed by atoms with van der Waals surface area (Å²) in [4.78, 5) is 21.9. The third kappa shape index (κ3) is 2.20. The lowest BCUT2D eigenvalue weighted by molar-refractivity contribution is -0.149. The smallest absolute Gasteiger partial charge is 0.361 e. The van der Waals surface area contributed by atoms with Crippen LogP contribution in [0.1, 0.15) is 11.1 Å². The minimum absolute atomic E-state index is 0.154. The maximum absolute atomic E-state index is 11.6. The predicted molar refractivity (Wildman–Crippen MR) is 66.1 cm³/mol. The molecule has 0 aromatic heterocycles. The molecule has 0 radical (unpaired) electrons. The number of ether oxygens (including phenoxy) is 1. The van der Waals surface area contributed by atoms with Gasteiger partial charge in [0.25, 0.3) is 0 Å². The highest BCUT2D eigenvalue weighted by Gasteiger charge is 2.41. The summed E-state index contributed by atoms with van der Waals surface area (Å²) in [5.41, 5.74) is 0.106. The van der Waals surface area contributed by atoms with Crippen LogP contribution in [0.2, 0.25) is 0 Å². The van der Waals surface area contributed by atoms with Gasteiger partial charge in [-0.05, 0) is 11.1 Å². The second-order valence-electron chi connectivity index (χ2n) is 3.65. The van der Waals surface area contributed by atoms with Crippen molar-refractivity contribution in [2.45, 2.75) is 0 Å². The number of benzene rings is 1. The Morgan fingerprint density at radius 1 is 1.16 bits per heavy atom. The molecule has 0 saturated carbocycles. The maximum Gasteiger partial charge on any atom is 0.361 e. The summed E-state index contributed by atoms with van der Waals surface area (Å²) in [6.45, 7) is 3.52. The van der Waals surface area contributed by atoms with Gasteiger partial charge >= 0.3 is 22.1 Å². The van der Waals surface area contributed by atoms with Gasteiger partial charge in [0.2, 0.25) is 0 Å². The van der Waals surface area contributed by atoms with Gasteiger partial charge in [0.05, 0.1) is 5.57 Å². The molecule has 0 bridgehead atoms. The van der Waals surface area contributed by atoms with Crippen molar-refractivity contribution in [1.29, 1.82) is 0 Å². The fraction of sp³-hybridized carbons (Fsp3) is 0. The van der Waals surface area contributed by atoms with E-state index < -0.39 is 32.5 Å². The van der Waals surface area contributed by atoms with Crippen LogP contribution in [0, 0.1) is 0 Å². The van der Waals surface area contributed by atoms with Crippen LogP contribution < -0.4 is 0 Å². The van der Waals surface area contributed by atoms with E-state index in [9.17, 15) is 18.0 Å². The largest absolute Gasteiger partial charge is 0.385 e. The van der Waals surface area contributed by atoms with Crippen molar-refractivity contribution in [2.24, 2.45) is 0 Å². The molecule has 6 nitrogen and oxygen atoms in total. The first kappa shape index (κ1) is 13.2. The zero-order valence-corrected chi connectivity index (χ0v) is 10.3. The monoisotopic (exact) mass is 280 g/mol. The number of carbonyl (C=O) groups excluding carboxylic acids is 2. The first-order valence-electron chi connectivity index (χ1n) is 5.06. The average Bonchev–Trinajstić information content (AvgIpc) is 2.63. The molecule has 2 rings (SSSR count). The number of cyclic esters (lactones) is 2. The topological polar surface area (TPSA) is 97.7 Å². The normalized spacial score (nSPS) is 15.6. The molecule has 1 aliphatic heterocycles. The third-order valence-electron chi connectivity index (χ3n) is 2.51. The lowest BCUT2D eigenvalue weighted by Gasteiger charge is -2.04. The molecule has 1 aliphatic rings. The van der Waals surface area contributed by atoms with E-state index in [4.69, 9.17) is 4.55 Å². The highest BCUT2D eigenvalue weighted by atomic mass is 32.2. The average molecular weight is 280 g/mol. The summed E-state index contributed by atoms with van der Waals surface area (Å²) >= 11 is 0. The summed E-state index contributed by atoms with van der Waals surface area (Å²) in [6, 6.07) is 6.20. The van der Waals surface area contributed by atoms with E-state index in [1.54, 1.807) is 18.2 Å². The van der Waals surface area contributed by atoms with Crippen molar-refractivity contribution >= 4 is 33.7 Å². The van der Waals surface area contributed by atoms with Gasteiger partial charge in [-0.1, -0.05) is 36.9 Å². The summed E-state index contributed by atoms with van der Waals surface area (Å²) < 4.78 is 35.7. The SMILES string of the molecule is C=Cc1ccccc1C1=C(S(=O)(=O)O)C(=O)OC1=O. The minimum Gasteiger partial charge on any atom is -0.385 e. The van der Waals surface area contributed by atoms with E-state index in [2.05, 4.69) is 11.3 Å². The van der Waals surface area contributed by atoms with Crippen LogP contribution in [-0.2, 0) is 24.4 Å². The van der Waals surface area contributed by atoms with Crippen molar-refractivity contribution < 1.29 is 27.3 Å². The van der Waals surface area contributed by atoms with Crippen LogP contribution in [0.25, 0.3) is 11.6 Å². The van der Waals surface area contributed by atoms with Crippen molar-refractivity contribution in [3.05, 3.63) is 46.9 Å². The molecule has 7 heteroatoms. The molecule has 0 saturated heterocycles. The van der Waals surface area contributed by atoms with Crippen LogP contribution in [-0.4, -0.2) is 24.9 Å². The summed E-state index contributed by atoms with van der Waals surface area (Å²) in [5.74, 6) is -2.51. The molecule has 1 aromatic rings. The van der Waals surface area contributed by atoms with E-state index >= 15 is 0 Å². The van der Waals surface area contributed by atoms with E-state index in [0.717, 1.165) is 0 Å². The van der Waals surface area contributed by atoms with Crippen molar-refractivity contribution in [3.8, 4) is 0 Å².